The number of thiazole rings is 1. The van der Waals surface area contributed by atoms with Crippen molar-refractivity contribution in [3.63, 3.8) is 0 Å². The van der Waals surface area contributed by atoms with E-state index >= 15 is 0 Å². The van der Waals surface area contributed by atoms with E-state index in [0.717, 1.165) is 11.1 Å². The smallest absolute Gasteiger partial charge is 0.350 e. The Morgan fingerprint density at radius 1 is 1.15 bits per heavy atom. The van der Waals surface area contributed by atoms with Gasteiger partial charge in [-0.1, -0.05) is 72.0 Å². The Hall–Kier alpha value is -2.99. The van der Waals surface area contributed by atoms with Gasteiger partial charge in [-0.05, 0) is 25.0 Å². The van der Waals surface area contributed by atoms with E-state index in [1.54, 1.807) is 13.1 Å². The Morgan fingerprint density at radius 3 is 2.48 bits per heavy atom. The summed E-state index contributed by atoms with van der Waals surface area (Å²) in [6, 6.07) is 19.9. The van der Waals surface area contributed by atoms with E-state index in [0.29, 0.717) is 28.9 Å². The van der Waals surface area contributed by atoms with E-state index in [1.807, 2.05) is 72.6 Å². The minimum Gasteiger partial charge on any atom is -0.462 e. The first kappa shape index (κ1) is 18.8. The zero-order valence-electron chi connectivity index (χ0n) is 15.3. The van der Waals surface area contributed by atoms with Crippen LogP contribution >= 0.6 is 11.3 Å². The number of carbonyl (C=O) groups excluding carboxylic acids is 1. The van der Waals surface area contributed by atoms with Crippen molar-refractivity contribution >= 4 is 28.7 Å². The molecule has 3 rings (SSSR count). The summed E-state index contributed by atoms with van der Waals surface area (Å²) in [5.41, 5.74) is 2.75. The average Bonchev–Trinajstić information content (AvgIpc) is 3.08. The molecular formula is C21H21N3O2S. The molecule has 0 unspecified atom stereocenters. The Kier molecular flexibility index (Phi) is 6.33. The highest BCUT2D eigenvalue weighted by molar-refractivity contribution is 7.17. The molecule has 0 N–H and O–H groups in total. The van der Waals surface area contributed by atoms with Gasteiger partial charge in [-0.25, -0.2) is 14.8 Å². The summed E-state index contributed by atoms with van der Waals surface area (Å²) in [5.74, 6) is -0.342. The molecule has 0 radical (unpaired) electrons. The van der Waals surface area contributed by atoms with E-state index in [9.17, 15) is 4.79 Å². The molecule has 0 saturated heterocycles. The largest absolute Gasteiger partial charge is 0.462 e. The number of aromatic nitrogens is 1. The molecule has 6 heteroatoms. The number of rotatable bonds is 7. The van der Waals surface area contributed by atoms with Gasteiger partial charge in [-0.15, -0.1) is 0 Å². The molecule has 3 aromatic rings. The molecule has 0 amide bonds. The van der Waals surface area contributed by atoms with Gasteiger partial charge in [0.05, 0.1) is 25.1 Å². The van der Waals surface area contributed by atoms with Crippen molar-refractivity contribution in [1.29, 1.82) is 0 Å². The van der Waals surface area contributed by atoms with Crippen LogP contribution in [0.5, 0.6) is 0 Å². The Morgan fingerprint density at radius 2 is 1.81 bits per heavy atom. The van der Waals surface area contributed by atoms with Gasteiger partial charge in [0.1, 0.15) is 4.88 Å². The monoisotopic (exact) mass is 379 g/mol. The van der Waals surface area contributed by atoms with Crippen LogP contribution < -0.4 is 5.01 Å². The van der Waals surface area contributed by atoms with Crippen molar-refractivity contribution in [2.24, 2.45) is 5.10 Å². The second-order valence-corrected chi connectivity index (χ2v) is 6.81. The van der Waals surface area contributed by atoms with Crippen LogP contribution in [0, 0.1) is 6.92 Å². The van der Waals surface area contributed by atoms with E-state index in [-0.39, 0.29) is 5.97 Å². The summed E-state index contributed by atoms with van der Waals surface area (Å²) in [5, 5.41) is 7.09. The van der Waals surface area contributed by atoms with Crippen molar-refractivity contribution in [1.82, 2.24) is 4.98 Å². The van der Waals surface area contributed by atoms with Crippen LogP contribution in [-0.4, -0.2) is 23.8 Å². The molecule has 138 valence electrons. The molecule has 0 saturated carbocycles. The van der Waals surface area contributed by atoms with E-state index in [2.05, 4.69) is 10.1 Å². The number of esters is 1. The lowest BCUT2D eigenvalue weighted by atomic mass is 10.2. The molecule has 2 aromatic carbocycles. The van der Waals surface area contributed by atoms with Crippen molar-refractivity contribution in [3.8, 4) is 0 Å². The van der Waals surface area contributed by atoms with Gasteiger partial charge < -0.3 is 4.74 Å². The maximum absolute atomic E-state index is 12.1. The number of ether oxygens (including phenoxy) is 1. The Labute approximate surface area is 162 Å². The normalized spacial score (nSPS) is 10.9. The van der Waals surface area contributed by atoms with Crippen LogP contribution in [0.1, 0.15) is 33.4 Å². The zero-order valence-corrected chi connectivity index (χ0v) is 16.1. The third kappa shape index (κ3) is 5.01. The van der Waals surface area contributed by atoms with E-state index in [4.69, 9.17) is 4.74 Å². The summed E-state index contributed by atoms with van der Waals surface area (Å²) in [7, 11) is 0. The SMILES string of the molecule is CCOC(=O)c1sc(N(Cc2ccccc2)/N=C/c2ccccc2)nc1C. The second kappa shape index (κ2) is 9.09. The molecule has 0 atom stereocenters. The first-order valence-corrected chi connectivity index (χ1v) is 9.54. The third-order valence-corrected chi connectivity index (χ3v) is 4.94. The summed E-state index contributed by atoms with van der Waals surface area (Å²) in [4.78, 5) is 17.2. The first-order valence-electron chi connectivity index (χ1n) is 8.72. The van der Waals surface area contributed by atoms with Crippen LogP contribution in [0.2, 0.25) is 0 Å². The van der Waals surface area contributed by atoms with Gasteiger partial charge in [0, 0.05) is 0 Å². The highest BCUT2D eigenvalue weighted by Crippen LogP contribution is 2.28. The van der Waals surface area contributed by atoms with Crippen molar-refractivity contribution in [2.75, 3.05) is 11.6 Å². The summed E-state index contributed by atoms with van der Waals surface area (Å²) >= 11 is 1.30. The zero-order chi connectivity index (χ0) is 19.1. The third-order valence-electron chi connectivity index (χ3n) is 3.79. The van der Waals surface area contributed by atoms with Crippen LogP contribution in [0.25, 0.3) is 0 Å². The molecule has 0 spiro atoms. The second-order valence-electron chi connectivity index (χ2n) is 5.83. The van der Waals surface area contributed by atoms with Gasteiger partial charge in [-0.2, -0.15) is 5.10 Å². The lowest BCUT2D eigenvalue weighted by Gasteiger charge is -2.15. The van der Waals surface area contributed by atoms with Gasteiger partial charge in [-0.3, -0.25) is 0 Å². The minimum absolute atomic E-state index is 0.339. The molecule has 0 aliphatic carbocycles. The highest BCUT2D eigenvalue weighted by Gasteiger charge is 2.19. The molecule has 0 fully saturated rings. The predicted molar refractivity (Wildman–Crippen MR) is 109 cm³/mol. The number of aryl methyl sites for hydroxylation is 1. The minimum atomic E-state index is -0.342. The molecule has 0 bridgehead atoms. The van der Waals surface area contributed by atoms with Gasteiger partial charge in [0.15, 0.2) is 0 Å². The number of hydrazone groups is 1. The summed E-state index contributed by atoms with van der Waals surface area (Å²) < 4.78 is 5.12. The van der Waals surface area contributed by atoms with E-state index < -0.39 is 0 Å². The number of anilines is 1. The average molecular weight is 379 g/mol. The highest BCUT2D eigenvalue weighted by atomic mass is 32.1. The van der Waals surface area contributed by atoms with E-state index in [1.165, 1.54) is 11.3 Å². The van der Waals surface area contributed by atoms with Crippen molar-refractivity contribution in [2.45, 2.75) is 20.4 Å². The van der Waals surface area contributed by atoms with Crippen LogP contribution in [-0.2, 0) is 11.3 Å². The quantitative estimate of drug-likeness (QED) is 0.340. The lowest BCUT2D eigenvalue weighted by molar-refractivity contribution is 0.0531. The van der Waals surface area contributed by atoms with Gasteiger partial charge >= 0.3 is 5.97 Å². The van der Waals surface area contributed by atoms with Crippen molar-refractivity contribution < 1.29 is 9.53 Å². The summed E-state index contributed by atoms with van der Waals surface area (Å²) in [6.45, 7) is 4.50. The summed E-state index contributed by atoms with van der Waals surface area (Å²) in [6.07, 6.45) is 1.80. The molecule has 5 nitrogen and oxygen atoms in total. The molecular weight excluding hydrogens is 358 g/mol. The topological polar surface area (TPSA) is 54.8 Å². The Bertz CT molecular complexity index is 908. The van der Waals surface area contributed by atoms with Gasteiger partial charge in [0.25, 0.3) is 0 Å². The number of hydrogen-bond donors (Lipinski definition) is 0. The number of hydrogen-bond acceptors (Lipinski definition) is 6. The number of benzene rings is 2. The van der Waals surface area contributed by atoms with Crippen LogP contribution in [0.3, 0.4) is 0 Å². The molecule has 0 aliphatic rings. The maximum Gasteiger partial charge on any atom is 0.350 e. The van der Waals surface area contributed by atoms with Crippen LogP contribution in [0.15, 0.2) is 65.8 Å². The van der Waals surface area contributed by atoms with Crippen LogP contribution in [0.4, 0.5) is 5.13 Å². The fourth-order valence-electron chi connectivity index (χ4n) is 2.47. The maximum atomic E-state index is 12.1. The fraction of sp³-hybridized carbons (Fsp3) is 0.190. The first-order chi connectivity index (χ1) is 13.2. The van der Waals surface area contributed by atoms with Crippen molar-refractivity contribution in [3.05, 3.63) is 82.4 Å². The number of carbonyl (C=O) groups is 1. The fourth-order valence-corrected chi connectivity index (χ4v) is 3.39. The molecule has 27 heavy (non-hydrogen) atoms. The predicted octanol–water partition coefficient (Wildman–Crippen LogP) is 4.67. The standard InChI is InChI=1S/C21H21N3O2S/c1-3-26-20(25)19-16(2)23-21(27-19)24(15-18-12-8-5-9-13-18)22-14-17-10-6-4-7-11-17/h4-14H,3,15H2,1-2H3/b22-14+. The number of nitrogens with zero attached hydrogens (tertiary/aromatic N) is 3. The Balaban J connectivity index is 1.90. The molecule has 1 aromatic heterocycles. The lowest BCUT2D eigenvalue weighted by Crippen LogP contribution is -2.16. The van der Waals surface area contributed by atoms with Gasteiger partial charge in [0.2, 0.25) is 5.13 Å². The molecule has 1 heterocycles. The molecule has 0 aliphatic heterocycles.